The molecule has 0 radical (unpaired) electrons. The molecule has 5 N–H and O–H groups in total. The molecule has 0 saturated heterocycles. The summed E-state index contributed by atoms with van der Waals surface area (Å²) in [6.07, 6.45) is -4.23. The van der Waals surface area contributed by atoms with Crippen molar-refractivity contribution >= 4 is 29.2 Å². The number of amides is 4. The first-order valence-corrected chi connectivity index (χ1v) is 13.5. The fraction of sp³-hybridized carbons (Fsp3) is 0.323. The van der Waals surface area contributed by atoms with E-state index < -0.39 is 35.1 Å². The molecule has 222 valence electrons. The Bertz CT molecular complexity index is 1470. The molecule has 0 unspecified atom stereocenters. The summed E-state index contributed by atoms with van der Waals surface area (Å²) in [5, 5.41) is 8.05. The first-order chi connectivity index (χ1) is 19.7. The fourth-order valence-corrected chi connectivity index (χ4v) is 4.91. The van der Waals surface area contributed by atoms with Crippen LogP contribution in [0, 0.1) is 0 Å². The number of alkyl halides is 3. The van der Waals surface area contributed by atoms with Gasteiger partial charge in [0.25, 0.3) is 0 Å². The van der Waals surface area contributed by atoms with Gasteiger partial charge in [0.2, 0.25) is 11.8 Å². The van der Waals surface area contributed by atoms with E-state index in [9.17, 15) is 27.6 Å². The molecule has 1 heterocycles. The highest BCUT2D eigenvalue weighted by Gasteiger charge is 2.35. The van der Waals surface area contributed by atoms with Gasteiger partial charge in [-0.15, -0.1) is 0 Å². The van der Waals surface area contributed by atoms with Gasteiger partial charge in [0.05, 0.1) is 17.8 Å². The summed E-state index contributed by atoms with van der Waals surface area (Å²) < 4.78 is 40.5. The van der Waals surface area contributed by atoms with Gasteiger partial charge in [0.15, 0.2) is 0 Å². The molecule has 3 aromatic rings. The molecule has 0 saturated carbocycles. The van der Waals surface area contributed by atoms with E-state index in [0.717, 1.165) is 28.8 Å². The van der Waals surface area contributed by atoms with E-state index >= 15 is 0 Å². The highest BCUT2D eigenvalue weighted by Crippen LogP contribution is 2.36. The molecule has 3 aromatic carbocycles. The highest BCUT2D eigenvalue weighted by atomic mass is 19.4. The number of nitrogens with zero attached hydrogens (tertiary/aromatic N) is 1. The van der Waals surface area contributed by atoms with Crippen LogP contribution in [0.3, 0.4) is 0 Å². The van der Waals surface area contributed by atoms with Crippen LogP contribution in [0.4, 0.5) is 29.3 Å². The topological polar surface area (TPSA) is 117 Å². The maximum atomic E-state index is 13.8. The summed E-state index contributed by atoms with van der Waals surface area (Å²) in [5.74, 6) is -0.822. The van der Waals surface area contributed by atoms with Crippen LogP contribution < -0.4 is 26.6 Å². The zero-order chi connectivity index (χ0) is 30.7. The Morgan fingerprint density at radius 3 is 2.36 bits per heavy atom. The largest absolute Gasteiger partial charge is 0.416 e. The number of fused-ring (bicyclic) bond motifs is 1. The second kappa shape index (κ2) is 12.2. The Balaban J connectivity index is 1.65. The lowest BCUT2D eigenvalue weighted by Gasteiger charge is -2.27. The van der Waals surface area contributed by atoms with Crippen LogP contribution in [0.15, 0.2) is 66.7 Å². The minimum absolute atomic E-state index is 0.0142. The zero-order valence-corrected chi connectivity index (χ0v) is 23.6. The van der Waals surface area contributed by atoms with Gasteiger partial charge in [0, 0.05) is 30.3 Å². The maximum Gasteiger partial charge on any atom is 0.416 e. The Kier molecular flexibility index (Phi) is 8.91. The van der Waals surface area contributed by atoms with E-state index in [0.29, 0.717) is 16.9 Å². The Morgan fingerprint density at radius 1 is 1.02 bits per heavy atom. The number of halogens is 3. The van der Waals surface area contributed by atoms with Gasteiger partial charge in [-0.25, -0.2) is 4.79 Å². The van der Waals surface area contributed by atoms with Gasteiger partial charge >= 0.3 is 12.2 Å². The van der Waals surface area contributed by atoms with Gasteiger partial charge < -0.3 is 26.6 Å². The number of carbonyl (C=O) groups excluding carboxylic acids is 3. The van der Waals surface area contributed by atoms with Gasteiger partial charge in [0.1, 0.15) is 6.04 Å². The normalized spacial score (nSPS) is 15.5. The second-order valence-electron chi connectivity index (χ2n) is 11.0. The number of nitrogens with two attached hydrogens (primary N) is 1. The number of urea groups is 1. The third kappa shape index (κ3) is 7.47. The lowest BCUT2D eigenvalue weighted by molar-refractivity contribution is -0.137. The average Bonchev–Trinajstić information content (AvgIpc) is 3.04. The van der Waals surface area contributed by atoms with E-state index in [2.05, 4.69) is 16.0 Å². The van der Waals surface area contributed by atoms with E-state index in [-0.39, 0.29) is 31.8 Å². The molecule has 0 fully saturated rings. The van der Waals surface area contributed by atoms with Crippen LogP contribution in [-0.2, 0) is 28.7 Å². The van der Waals surface area contributed by atoms with E-state index in [1.54, 1.807) is 26.0 Å². The molecule has 4 amide bonds. The number of rotatable bonds is 7. The molecule has 1 atom stereocenters. The minimum atomic E-state index is -4.53. The summed E-state index contributed by atoms with van der Waals surface area (Å²) in [4.78, 5) is 39.7. The smallest absolute Gasteiger partial charge is 0.344 e. The molecule has 42 heavy (non-hydrogen) atoms. The SMILES string of the molecule is CNC(=O)Nc1ccccc1-c1ccc(CN2C(=O)[C@H](NC(=O)CC(C)(C)N)CCc3cc(C(F)(F)F)ccc32)cc1. The van der Waals surface area contributed by atoms with Crippen LogP contribution in [0.25, 0.3) is 11.1 Å². The van der Waals surface area contributed by atoms with Crippen LogP contribution in [0.2, 0.25) is 0 Å². The van der Waals surface area contributed by atoms with Crippen molar-refractivity contribution < 1.29 is 27.6 Å². The Morgan fingerprint density at radius 2 is 1.71 bits per heavy atom. The molecule has 0 aliphatic carbocycles. The van der Waals surface area contributed by atoms with Gasteiger partial charge in [-0.05, 0) is 67.6 Å². The lowest BCUT2D eigenvalue weighted by Crippen LogP contribution is -2.49. The van der Waals surface area contributed by atoms with Crippen molar-refractivity contribution in [2.45, 2.75) is 57.4 Å². The molecule has 1 aliphatic heterocycles. The van der Waals surface area contributed by atoms with E-state index in [4.69, 9.17) is 5.73 Å². The number of anilines is 2. The van der Waals surface area contributed by atoms with Gasteiger partial charge in [-0.2, -0.15) is 13.2 Å². The molecule has 1 aliphatic rings. The van der Waals surface area contributed by atoms with Crippen molar-refractivity contribution in [3.63, 3.8) is 0 Å². The molecule has 0 bridgehead atoms. The van der Waals surface area contributed by atoms with Crippen LogP contribution in [-0.4, -0.2) is 36.5 Å². The average molecular weight is 582 g/mol. The number of para-hydroxylation sites is 1. The molecule has 11 heteroatoms. The Labute approximate surface area is 242 Å². The highest BCUT2D eigenvalue weighted by molar-refractivity contribution is 6.00. The number of carbonyl (C=O) groups is 3. The van der Waals surface area contributed by atoms with Crippen molar-refractivity contribution in [1.29, 1.82) is 0 Å². The number of hydrogen-bond acceptors (Lipinski definition) is 4. The predicted octanol–water partition coefficient (Wildman–Crippen LogP) is 5.22. The van der Waals surface area contributed by atoms with Crippen molar-refractivity contribution in [3.05, 3.63) is 83.4 Å². The standard InChI is InChI=1S/C31H34F3N5O3/c1-30(2,35)17-27(40)37-25-14-12-21-16-22(31(32,33)34)13-15-26(21)39(28(25)41)18-19-8-10-20(11-9-19)23-6-4-5-7-24(23)38-29(42)36-3/h4-11,13,15-16,25H,12,14,17-18,35H2,1-3H3,(H,37,40)(H2,36,38,42)/t25-/m1/s1. The van der Waals surface area contributed by atoms with Crippen molar-refractivity contribution in [1.82, 2.24) is 10.6 Å². The first-order valence-electron chi connectivity index (χ1n) is 13.5. The summed E-state index contributed by atoms with van der Waals surface area (Å²) in [7, 11) is 1.52. The third-order valence-corrected chi connectivity index (χ3v) is 6.92. The third-order valence-electron chi connectivity index (χ3n) is 6.92. The van der Waals surface area contributed by atoms with E-state index in [1.165, 1.54) is 18.0 Å². The van der Waals surface area contributed by atoms with E-state index in [1.807, 2.05) is 36.4 Å². The van der Waals surface area contributed by atoms with Crippen molar-refractivity contribution in [3.8, 4) is 11.1 Å². The number of nitrogens with one attached hydrogen (secondary N) is 3. The Hall–Kier alpha value is -4.38. The molecule has 0 spiro atoms. The molecule has 0 aromatic heterocycles. The minimum Gasteiger partial charge on any atom is -0.344 e. The summed E-state index contributed by atoms with van der Waals surface area (Å²) >= 11 is 0. The fourth-order valence-electron chi connectivity index (χ4n) is 4.91. The number of aryl methyl sites for hydroxylation is 1. The van der Waals surface area contributed by atoms with Crippen LogP contribution in [0.5, 0.6) is 0 Å². The molecular weight excluding hydrogens is 547 g/mol. The predicted molar refractivity (Wildman–Crippen MR) is 156 cm³/mol. The summed E-state index contributed by atoms with van der Waals surface area (Å²) in [5.41, 5.74) is 8.07. The van der Waals surface area contributed by atoms with Crippen molar-refractivity contribution in [2.24, 2.45) is 5.73 Å². The number of benzene rings is 3. The van der Waals surface area contributed by atoms with Gasteiger partial charge in [-0.3, -0.25) is 9.59 Å². The summed E-state index contributed by atoms with van der Waals surface area (Å²) in [6.45, 7) is 3.46. The maximum absolute atomic E-state index is 13.8. The molecular formula is C31H34F3N5O3. The number of hydrogen-bond donors (Lipinski definition) is 4. The van der Waals surface area contributed by atoms with Crippen LogP contribution >= 0.6 is 0 Å². The quantitative estimate of drug-likeness (QED) is 0.306. The summed E-state index contributed by atoms with van der Waals surface area (Å²) in [6, 6.07) is 16.7. The van der Waals surface area contributed by atoms with Gasteiger partial charge in [-0.1, -0.05) is 42.5 Å². The molecule has 4 rings (SSSR count). The first kappa shape index (κ1) is 30.6. The lowest BCUT2D eigenvalue weighted by atomic mass is 10.0. The van der Waals surface area contributed by atoms with Crippen LogP contribution in [0.1, 0.15) is 43.4 Å². The zero-order valence-electron chi connectivity index (χ0n) is 23.6. The monoisotopic (exact) mass is 581 g/mol. The molecule has 8 nitrogen and oxygen atoms in total. The second-order valence-corrected chi connectivity index (χ2v) is 11.0. The van der Waals surface area contributed by atoms with Crippen molar-refractivity contribution in [2.75, 3.05) is 17.3 Å².